The average molecular weight is 567 g/mol. The molecule has 3 heterocycles. The lowest BCUT2D eigenvalue weighted by Gasteiger charge is -2.35. The molecule has 0 bridgehead atoms. The number of benzene rings is 1. The zero-order valence-corrected chi connectivity index (χ0v) is 19.3. The Morgan fingerprint density at radius 1 is 1.29 bits per heavy atom. The van der Waals surface area contributed by atoms with Crippen LogP contribution in [0, 0.1) is 5.92 Å². The number of alkyl halides is 3. The fourth-order valence-electron chi connectivity index (χ4n) is 3.72. The van der Waals surface area contributed by atoms with Crippen LogP contribution in [0.25, 0.3) is 0 Å². The molecule has 1 atom stereocenters. The standard InChI is InChI=1S/C19H19ClF3IN6O/c1-9(10-2-12(19(21,22)23)4-13(25)3-10)26-16-14-7-29(8-15(14)27-18(20)28-16)17(31)11-5-30(24)6-11/h2-4,9,11H,5-8,25H2,1H3,(H,26,27,28)/t9-/m1/s1. The number of carbonyl (C=O) groups excluding carboxylic acids is 1. The van der Waals surface area contributed by atoms with Crippen LogP contribution in [0.2, 0.25) is 5.28 Å². The smallest absolute Gasteiger partial charge is 0.399 e. The van der Waals surface area contributed by atoms with Gasteiger partial charge in [0.25, 0.3) is 0 Å². The Balaban J connectivity index is 1.56. The maximum Gasteiger partial charge on any atom is 0.416 e. The van der Waals surface area contributed by atoms with Crippen molar-refractivity contribution in [3.63, 3.8) is 0 Å². The third-order valence-electron chi connectivity index (χ3n) is 5.41. The van der Waals surface area contributed by atoms with Crippen LogP contribution in [0.1, 0.15) is 35.3 Å². The van der Waals surface area contributed by atoms with E-state index in [1.54, 1.807) is 11.8 Å². The molecule has 166 valence electrons. The molecule has 12 heteroatoms. The second-order valence-corrected chi connectivity index (χ2v) is 9.44. The van der Waals surface area contributed by atoms with Crippen LogP contribution in [0.5, 0.6) is 0 Å². The molecule has 31 heavy (non-hydrogen) atoms. The van der Waals surface area contributed by atoms with Gasteiger partial charge >= 0.3 is 6.18 Å². The number of halogens is 5. The predicted molar refractivity (Wildman–Crippen MR) is 118 cm³/mol. The normalized spacial score (nSPS) is 17.9. The predicted octanol–water partition coefficient (Wildman–Crippen LogP) is 4.03. The Morgan fingerprint density at radius 3 is 2.65 bits per heavy atom. The van der Waals surface area contributed by atoms with Crippen molar-refractivity contribution in [2.24, 2.45) is 5.92 Å². The van der Waals surface area contributed by atoms with Crippen molar-refractivity contribution < 1.29 is 18.0 Å². The van der Waals surface area contributed by atoms with Crippen molar-refractivity contribution in [3.8, 4) is 0 Å². The van der Waals surface area contributed by atoms with Gasteiger partial charge in [-0.2, -0.15) is 13.2 Å². The van der Waals surface area contributed by atoms with Crippen molar-refractivity contribution in [1.29, 1.82) is 0 Å². The van der Waals surface area contributed by atoms with E-state index in [4.69, 9.17) is 17.3 Å². The van der Waals surface area contributed by atoms with Crippen LogP contribution < -0.4 is 11.1 Å². The van der Waals surface area contributed by atoms with E-state index in [9.17, 15) is 18.0 Å². The molecule has 0 aliphatic carbocycles. The minimum Gasteiger partial charge on any atom is -0.399 e. The van der Waals surface area contributed by atoms with Gasteiger partial charge in [-0.1, -0.05) is 0 Å². The number of rotatable bonds is 4. The molecule has 2 aromatic rings. The summed E-state index contributed by atoms with van der Waals surface area (Å²) in [4.78, 5) is 22.9. The largest absolute Gasteiger partial charge is 0.416 e. The molecular weight excluding hydrogens is 548 g/mol. The van der Waals surface area contributed by atoms with Gasteiger partial charge in [-0.15, -0.1) is 0 Å². The zero-order valence-electron chi connectivity index (χ0n) is 16.4. The molecule has 1 amide bonds. The number of nitrogens with one attached hydrogen (secondary N) is 1. The molecule has 2 aliphatic rings. The Labute approximate surface area is 195 Å². The first-order chi connectivity index (χ1) is 14.5. The Bertz CT molecular complexity index is 1030. The van der Waals surface area contributed by atoms with Crippen molar-refractivity contribution in [2.45, 2.75) is 32.2 Å². The molecule has 0 radical (unpaired) electrons. The van der Waals surface area contributed by atoms with Crippen LogP contribution in [0.15, 0.2) is 18.2 Å². The summed E-state index contributed by atoms with van der Waals surface area (Å²) in [5.41, 5.74) is 6.60. The second kappa shape index (κ2) is 8.24. The number of nitrogens with two attached hydrogens (primary N) is 1. The molecule has 1 fully saturated rings. The molecule has 1 aromatic heterocycles. The molecule has 0 unspecified atom stereocenters. The third kappa shape index (κ3) is 4.67. The van der Waals surface area contributed by atoms with Crippen LogP contribution in [0.4, 0.5) is 24.7 Å². The lowest BCUT2D eigenvalue weighted by atomic mass is 10.0. The Kier molecular flexibility index (Phi) is 5.94. The fraction of sp³-hybridized carbons (Fsp3) is 0.421. The monoisotopic (exact) mass is 566 g/mol. The van der Waals surface area contributed by atoms with E-state index in [1.807, 2.05) is 3.11 Å². The molecule has 1 aromatic carbocycles. The molecule has 7 nitrogen and oxygen atoms in total. The van der Waals surface area contributed by atoms with Gasteiger partial charge in [-0.3, -0.25) is 4.79 Å². The summed E-state index contributed by atoms with van der Waals surface area (Å²) in [7, 11) is 0. The molecule has 0 saturated carbocycles. The summed E-state index contributed by atoms with van der Waals surface area (Å²) in [6.07, 6.45) is -4.50. The van der Waals surface area contributed by atoms with Gasteiger partial charge in [-0.25, -0.2) is 13.1 Å². The van der Waals surface area contributed by atoms with Crippen molar-refractivity contribution in [1.82, 2.24) is 18.0 Å². The van der Waals surface area contributed by atoms with Crippen LogP contribution >= 0.6 is 34.5 Å². The summed E-state index contributed by atoms with van der Waals surface area (Å²) in [5.74, 6) is 0.405. The number of carbonyl (C=O) groups is 1. The molecule has 2 aliphatic heterocycles. The minimum absolute atomic E-state index is 0.00777. The van der Waals surface area contributed by atoms with E-state index in [-0.39, 0.29) is 22.8 Å². The van der Waals surface area contributed by atoms with Gasteiger partial charge in [0, 0.05) is 47.2 Å². The number of fused-ring (bicyclic) bond motifs is 1. The van der Waals surface area contributed by atoms with E-state index >= 15 is 0 Å². The maximum atomic E-state index is 13.2. The number of amides is 1. The van der Waals surface area contributed by atoms with Gasteiger partial charge in [0.2, 0.25) is 11.2 Å². The summed E-state index contributed by atoms with van der Waals surface area (Å²) in [5, 5.41) is 3.13. The number of hydrogen-bond acceptors (Lipinski definition) is 6. The third-order valence-corrected chi connectivity index (χ3v) is 6.37. The van der Waals surface area contributed by atoms with Crippen molar-refractivity contribution in [2.75, 3.05) is 24.1 Å². The lowest BCUT2D eigenvalue weighted by Crippen LogP contribution is -2.49. The molecule has 1 saturated heterocycles. The van der Waals surface area contributed by atoms with E-state index < -0.39 is 17.8 Å². The summed E-state index contributed by atoms with van der Waals surface area (Å²) in [6.45, 7) is 3.77. The molecule has 4 rings (SSSR count). The van der Waals surface area contributed by atoms with Crippen LogP contribution in [0.3, 0.4) is 0 Å². The van der Waals surface area contributed by atoms with E-state index in [0.717, 1.165) is 17.7 Å². The van der Waals surface area contributed by atoms with Crippen molar-refractivity contribution in [3.05, 3.63) is 45.9 Å². The number of nitrogen functional groups attached to an aromatic ring is 1. The first-order valence-corrected chi connectivity index (χ1v) is 10.8. The second-order valence-electron chi connectivity index (χ2n) is 7.74. The van der Waals surface area contributed by atoms with Gasteiger partial charge in [0.15, 0.2) is 0 Å². The first-order valence-electron chi connectivity index (χ1n) is 9.50. The van der Waals surface area contributed by atoms with E-state index in [0.29, 0.717) is 43.3 Å². The molecule has 0 spiro atoms. The highest BCUT2D eigenvalue weighted by Gasteiger charge is 2.38. The quantitative estimate of drug-likeness (QED) is 0.252. The highest BCUT2D eigenvalue weighted by atomic mass is 127. The van der Waals surface area contributed by atoms with Gasteiger partial charge in [0.1, 0.15) is 5.82 Å². The average Bonchev–Trinajstić information content (AvgIpc) is 3.08. The highest BCUT2D eigenvalue weighted by Crippen LogP contribution is 2.35. The SMILES string of the molecule is C[C@@H](Nc1nc(Cl)nc2c1CN(C(=O)C1CN(I)C1)C2)c1cc(N)cc(C(F)(F)F)c1. The van der Waals surface area contributed by atoms with Gasteiger partial charge in [-0.05, 0) is 42.3 Å². The number of aromatic nitrogens is 2. The van der Waals surface area contributed by atoms with E-state index in [2.05, 4.69) is 38.1 Å². The van der Waals surface area contributed by atoms with E-state index in [1.165, 1.54) is 6.07 Å². The molecular formula is C19H19ClF3IN6O. The van der Waals surface area contributed by atoms with Crippen LogP contribution in [-0.4, -0.2) is 37.0 Å². The lowest BCUT2D eigenvalue weighted by molar-refractivity contribution is -0.139. The van der Waals surface area contributed by atoms with Crippen LogP contribution in [-0.2, 0) is 24.1 Å². The Morgan fingerprint density at radius 2 is 2.00 bits per heavy atom. The minimum atomic E-state index is -4.50. The maximum absolute atomic E-state index is 13.2. The highest BCUT2D eigenvalue weighted by molar-refractivity contribution is 14.1. The number of nitrogens with zero attached hydrogens (tertiary/aromatic N) is 4. The van der Waals surface area contributed by atoms with Gasteiger partial charge < -0.3 is 16.0 Å². The Hall–Kier alpha value is -1.86. The zero-order chi connectivity index (χ0) is 22.5. The van der Waals surface area contributed by atoms with Gasteiger partial charge in [0.05, 0.1) is 36.3 Å². The summed E-state index contributed by atoms with van der Waals surface area (Å²) in [6, 6.07) is 2.90. The topological polar surface area (TPSA) is 87.4 Å². The summed E-state index contributed by atoms with van der Waals surface area (Å²) >= 11 is 8.25. The first kappa shape index (κ1) is 22.3. The number of hydrogen-bond donors (Lipinski definition) is 2. The van der Waals surface area contributed by atoms with Crippen molar-refractivity contribution >= 4 is 51.9 Å². The number of anilines is 2. The summed E-state index contributed by atoms with van der Waals surface area (Å²) < 4.78 is 41.5. The fourth-order valence-corrected chi connectivity index (χ4v) is 4.86. The molecule has 3 N–H and O–H groups in total.